The second kappa shape index (κ2) is 3.05. The second-order valence-electron chi connectivity index (χ2n) is 2.85. The molecular weight excluding hydrogens is 140 g/mol. The van der Waals surface area contributed by atoms with Crippen LogP contribution in [-0.4, -0.2) is 21.3 Å². The summed E-state index contributed by atoms with van der Waals surface area (Å²) < 4.78 is 1.98. The van der Waals surface area contributed by atoms with E-state index in [0.717, 1.165) is 11.4 Å². The lowest BCUT2D eigenvalue weighted by molar-refractivity contribution is 0.237. The minimum atomic E-state index is 0.135. The van der Waals surface area contributed by atoms with Crippen LogP contribution in [0.4, 0.5) is 0 Å². The van der Waals surface area contributed by atoms with Crippen LogP contribution in [0.1, 0.15) is 24.4 Å². The van der Waals surface area contributed by atoms with Crippen LogP contribution in [0, 0.1) is 13.8 Å². The van der Waals surface area contributed by atoms with Gasteiger partial charge in [0.05, 0.1) is 24.7 Å². The predicted molar refractivity (Wildman–Crippen MR) is 43.5 cm³/mol. The van der Waals surface area contributed by atoms with Crippen molar-refractivity contribution in [3.63, 3.8) is 0 Å². The van der Waals surface area contributed by atoms with Gasteiger partial charge in [-0.25, -0.2) is 4.98 Å². The number of aliphatic hydroxyl groups excluding tert-OH is 1. The van der Waals surface area contributed by atoms with Crippen molar-refractivity contribution in [1.29, 1.82) is 0 Å². The third-order valence-corrected chi connectivity index (χ3v) is 2.03. The first-order chi connectivity index (χ1) is 5.16. The van der Waals surface area contributed by atoms with Crippen molar-refractivity contribution in [2.45, 2.75) is 26.8 Å². The van der Waals surface area contributed by atoms with Gasteiger partial charge >= 0.3 is 0 Å². The van der Waals surface area contributed by atoms with E-state index in [4.69, 9.17) is 5.11 Å². The van der Waals surface area contributed by atoms with Gasteiger partial charge < -0.3 is 9.67 Å². The van der Waals surface area contributed by atoms with Crippen molar-refractivity contribution in [1.82, 2.24) is 9.55 Å². The average molecular weight is 154 g/mol. The fraction of sp³-hybridized carbons (Fsp3) is 0.625. The molecule has 1 rings (SSSR count). The first-order valence-electron chi connectivity index (χ1n) is 3.77. The summed E-state index contributed by atoms with van der Waals surface area (Å²) >= 11 is 0. The van der Waals surface area contributed by atoms with Gasteiger partial charge in [-0.15, -0.1) is 0 Å². The molecule has 0 aromatic carbocycles. The molecule has 1 heterocycles. The van der Waals surface area contributed by atoms with Gasteiger partial charge in [0.25, 0.3) is 0 Å². The zero-order valence-corrected chi connectivity index (χ0v) is 7.20. The number of aliphatic hydroxyl groups is 1. The SMILES string of the molecule is Cc1ncn(C(C)CO)c1C. The van der Waals surface area contributed by atoms with Gasteiger partial charge in [-0.1, -0.05) is 0 Å². The Morgan fingerprint density at radius 1 is 1.64 bits per heavy atom. The van der Waals surface area contributed by atoms with Crippen molar-refractivity contribution >= 4 is 0 Å². The molecule has 0 aliphatic rings. The van der Waals surface area contributed by atoms with Gasteiger partial charge in [-0.2, -0.15) is 0 Å². The molecule has 0 radical (unpaired) electrons. The lowest BCUT2D eigenvalue weighted by Crippen LogP contribution is -2.09. The molecule has 1 N–H and O–H groups in total. The molecule has 11 heavy (non-hydrogen) atoms. The van der Waals surface area contributed by atoms with E-state index in [-0.39, 0.29) is 12.6 Å². The first-order valence-corrected chi connectivity index (χ1v) is 3.77. The van der Waals surface area contributed by atoms with Crippen LogP contribution in [0.5, 0.6) is 0 Å². The summed E-state index contributed by atoms with van der Waals surface area (Å²) in [5.74, 6) is 0. The number of nitrogens with zero attached hydrogens (tertiary/aromatic N) is 2. The minimum absolute atomic E-state index is 0.135. The van der Waals surface area contributed by atoms with E-state index in [1.165, 1.54) is 0 Å². The standard InChI is InChI=1S/C8H14N2O/c1-6(4-11)10-5-9-7(2)8(10)3/h5-6,11H,4H2,1-3H3. The van der Waals surface area contributed by atoms with Gasteiger partial charge in [0, 0.05) is 5.69 Å². The molecule has 1 aromatic heterocycles. The van der Waals surface area contributed by atoms with E-state index in [1.54, 1.807) is 6.33 Å². The van der Waals surface area contributed by atoms with Crippen molar-refractivity contribution in [2.75, 3.05) is 6.61 Å². The molecule has 0 amide bonds. The fourth-order valence-corrected chi connectivity index (χ4v) is 1.05. The van der Waals surface area contributed by atoms with Crippen LogP contribution in [-0.2, 0) is 0 Å². The third kappa shape index (κ3) is 1.43. The number of aryl methyl sites for hydroxylation is 1. The highest BCUT2D eigenvalue weighted by molar-refractivity contribution is 5.09. The van der Waals surface area contributed by atoms with Crippen molar-refractivity contribution < 1.29 is 5.11 Å². The molecule has 3 nitrogen and oxygen atoms in total. The van der Waals surface area contributed by atoms with E-state index >= 15 is 0 Å². The van der Waals surface area contributed by atoms with Crippen molar-refractivity contribution in [3.05, 3.63) is 17.7 Å². The normalized spacial score (nSPS) is 13.5. The molecule has 62 valence electrons. The Hall–Kier alpha value is -0.830. The molecule has 0 spiro atoms. The zero-order chi connectivity index (χ0) is 8.43. The van der Waals surface area contributed by atoms with E-state index in [0.29, 0.717) is 0 Å². The highest BCUT2D eigenvalue weighted by Crippen LogP contribution is 2.11. The molecule has 0 aliphatic heterocycles. The molecule has 1 aromatic rings. The van der Waals surface area contributed by atoms with Gasteiger partial charge in [0.2, 0.25) is 0 Å². The third-order valence-electron chi connectivity index (χ3n) is 2.03. The Balaban J connectivity index is 2.94. The Morgan fingerprint density at radius 2 is 2.27 bits per heavy atom. The van der Waals surface area contributed by atoms with Gasteiger partial charge in [-0.3, -0.25) is 0 Å². The number of rotatable bonds is 2. The van der Waals surface area contributed by atoms with Crippen LogP contribution < -0.4 is 0 Å². The second-order valence-corrected chi connectivity index (χ2v) is 2.85. The Morgan fingerprint density at radius 3 is 2.64 bits per heavy atom. The van der Waals surface area contributed by atoms with Crippen LogP contribution in [0.2, 0.25) is 0 Å². The van der Waals surface area contributed by atoms with E-state index < -0.39 is 0 Å². The minimum Gasteiger partial charge on any atom is -0.394 e. The summed E-state index contributed by atoms with van der Waals surface area (Å²) in [4.78, 5) is 4.14. The topological polar surface area (TPSA) is 38.0 Å². The van der Waals surface area contributed by atoms with E-state index in [9.17, 15) is 0 Å². The van der Waals surface area contributed by atoms with Crippen LogP contribution in [0.15, 0.2) is 6.33 Å². The molecule has 0 aliphatic carbocycles. The molecule has 1 atom stereocenters. The van der Waals surface area contributed by atoms with Gasteiger partial charge in [0.1, 0.15) is 0 Å². The van der Waals surface area contributed by atoms with Crippen LogP contribution in [0.3, 0.4) is 0 Å². The molecule has 0 saturated heterocycles. The maximum Gasteiger partial charge on any atom is 0.0954 e. The lowest BCUT2D eigenvalue weighted by Gasteiger charge is -2.11. The highest BCUT2D eigenvalue weighted by atomic mass is 16.3. The maximum absolute atomic E-state index is 8.87. The Bertz CT molecular complexity index is 242. The monoisotopic (exact) mass is 154 g/mol. The van der Waals surface area contributed by atoms with Gasteiger partial charge in [0.15, 0.2) is 0 Å². The molecule has 0 fully saturated rings. The van der Waals surface area contributed by atoms with Crippen molar-refractivity contribution in [2.24, 2.45) is 0 Å². The molecular formula is C8H14N2O. The van der Waals surface area contributed by atoms with E-state index in [2.05, 4.69) is 4.98 Å². The molecule has 1 unspecified atom stereocenters. The number of aromatic nitrogens is 2. The predicted octanol–water partition coefficient (Wildman–Crippen LogP) is 1.05. The Kier molecular flexibility index (Phi) is 2.29. The quantitative estimate of drug-likeness (QED) is 0.691. The van der Waals surface area contributed by atoms with Crippen LogP contribution >= 0.6 is 0 Å². The number of hydrogen-bond donors (Lipinski definition) is 1. The van der Waals surface area contributed by atoms with E-state index in [1.807, 2.05) is 25.3 Å². The number of hydrogen-bond acceptors (Lipinski definition) is 2. The lowest BCUT2D eigenvalue weighted by atomic mass is 10.3. The maximum atomic E-state index is 8.87. The summed E-state index contributed by atoms with van der Waals surface area (Å²) in [6.45, 7) is 6.11. The summed E-state index contributed by atoms with van der Waals surface area (Å²) in [5, 5.41) is 8.87. The summed E-state index contributed by atoms with van der Waals surface area (Å²) in [5.41, 5.74) is 2.16. The zero-order valence-electron chi connectivity index (χ0n) is 7.20. The molecule has 0 saturated carbocycles. The average Bonchev–Trinajstić information content (AvgIpc) is 2.32. The Labute approximate surface area is 66.7 Å². The highest BCUT2D eigenvalue weighted by Gasteiger charge is 2.06. The number of imidazole rings is 1. The van der Waals surface area contributed by atoms with Gasteiger partial charge in [-0.05, 0) is 20.8 Å². The molecule has 0 bridgehead atoms. The first kappa shape index (κ1) is 8.27. The summed E-state index contributed by atoms with van der Waals surface area (Å²) in [6.07, 6.45) is 1.77. The summed E-state index contributed by atoms with van der Waals surface area (Å²) in [7, 11) is 0. The molecule has 3 heteroatoms. The smallest absolute Gasteiger partial charge is 0.0954 e. The largest absolute Gasteiger partial charge is 0.394 e. The van der Waals surface area contributed by atoms with Crippen molar-refractivity contribution in [3.8, 4) is 0 Å². The summed E-state index contributed by atoms with van der Waals surface area (Å²) in [6, 6.07) is 0.135. The fourth-order valence-electron chi connectivity index (χ4n) is 1.05. The van der Waals surface area contributed by atoms with Crippen LogP contribution in [0.25, 0.3) is 0 Å².